The molecule has 0 radical (unpaired) electrons. The highest BCUT2D eigenvalue weighted by atomic mass is 28.3. The summed E-state index contributed by atoms with van der Waals surface area (Å²) in [5.41, 5.74) is 0. The van der Waals surface area contributed by atoms with E-state index >= 15 is 0 Å². The van der Waals surface area contributed by atoms with Crippen LogP contribution in [0.1, 0.15) is 26.7 Å². The second kappa shape index (κ2) is 10.9. The Morgan fingerprint density at radius 2 is 2.12 bits per heavy atom. The molecule has 0 aromatic rings. The van der Waals surface area contributed by atoms with E-state index in [2.05, 4.69) is 13.5 Å². The van der Waals surface area contributed by atoms with Crippen molar-refractivity contribution in [3.63, 3.8) is 0 Å². The van der Waals surface area contributed by atoms with Crippen LogP contribution in [0.2, 0.25) is 12.1 Å². The third-order valence-corrected chi connectivity index (χ3v) is 5.75. The predicted molar refractivity (Wildman–Crippen MR) is 69.3 cm³/mol. The van der Waals surface area contributed by atoms with Gasteiger partial charge in [-0.1, -0.05) is 32.0 Å². The molecule has 1 unspecified atom stereocenters. The quantitative estimate of drug-likeness (QED) is 0.256. The molecule has 0 saturated heterocycles. The lowest BCUT2D eigenvalue weighted by atomic mass is 10.5. The van der Waals surface area contributed by atoms with Gasteiger partial charge in [-0.15, -0.1) is 0 Å². The van der Waals surface area contributed by atoms with E-state index < -0.39 is 8.80 Å². The smallest absolute Gasteiger partial charge is 0.330 e. The van der Waals surface area contributed by atoms with Gasteiger partial charge in [0.1, 0.15) is 0 Å². The van der Waals surface area contributed by atoms with Crippen molar-refractivity contribution in [2.24, 2.45) is 0 Å². The van der Waals surface area contributed by atoms with Gasteiger partial charge < -0.3 is 9.47 Å². The van der Waals surface area contributed by atoms with Crippen molar-refractivity contribution in [2.75, 3.05) is 19.4 Å². The molecule has 0 amide bonds. The summed E-state index contributed by atoms with van der Waals surface area (Å²) in [5, 5.41) is 0. The van der Waals surface area contributed by atoms with Crippen LogP contribution in [-0.2, 0) is 14.3 Å². The Kier molecular flexibility index (Phi) is 10.5. The molecular formula is C12H24O3Si. The molecule has 0 saturated carbocycles. The Bertz CT molecular complexity index is 195. The Hall–Kier alpha value is -0.613. The lowest BCUT2D eigenvalue weighted by molar-refractivity contribution is -0.137. The fourth-order valence-corrected chi connectivity index (χ4v) is 4.36. The summed E-state index contributed by atoms with van der Waals surface area (Å²) in [4.78, 5) is 10.8. The van der Waals surface area contributed by atoms with Crippen molar-refractivity contribution >= 4 is 14.8 Å². The lowest BCUT2D eigenvalue weighted by Crippen LogP contribution is -2.21. The van der Waals surface area contributed by atoms with Crippen molar-refractivity contribution in [2.45, 2.75) is 38.8 Å². The first kappa shape index (κ1) is 15.4. The van der Waals surface area contributed by atoms with Crippen LogP contribution < -0.4 is 0 Å². The zero-order valence-electron chi connectivity index (χ0n) is 10.5. The van der Waals surface area contributed by atoms with E-state index in [1.54, 1.807) is 0 Å². The van der Waals surface area contributed by atoms with Crippen molar-refractivity contribution in [1.29, 1.82) is 0 Å². The van der Waals surface area contributed by atoms with Crippen LogP contribution in [0, 0.1) is 0 Å². The average molecular weight is 244 g/mol. The molecule has 0 aliphatic heterocycles. The minimum atomic E-state index is -0.763. The maximum atomic E-state index is 10.8. The van der Waals surface area contributed by atoms with Crippen LogP contribution in [0.25, 0.3) is 0 Å². The molecule has 0 rings (SSSR count). The van der Waals surface area contributed by atoms with Gasteiger partial charge in [0.05, 0.1) is 15.4 Å². The van der Waals surface area contributed by atoms with Gasteiger partial charge in [0.15, 0.2) is 0 Å². The molecule has 94 valence electrons. The van der Waals surface area contributed by atoms with Crippen LogP contribution in [-0.4, -0.2) is 34.2 Å². The summed E-state index contributed by atoms with van der Waals surface area (Å²) in [5.74, 6) is -0.321. The maximum Gasteiger partial charge on any atom is 0.330 e. The van der Waals surface area contributed by atoms with Gasteiger partial charge in [0, 0.05) is 18.9 Å². The SMILES string of the molecule is C=CC(=O)OCCC[SiH](CCC)COCC. The van der Waals surface area contributed by atoms with Crippen LogP contribution in [0.3, 0.4) is 0 Å². The molecule has 0 spiro atoms. The number of ether oxygens (including phenoxy) is 2. The predicted octanol–water partition coefficient (Wildman–Crippen LogP) is 2.32. The topological polar surface area (TPSA) is 35.5 Å². The third-order valence-electron chi connectivity index (χ3n) is 2.42. The van der Waals surface area contributed by atoms with E-state index in [-0.39, 0.29) is 5.97 Å². The van der Waals surface area contributed by atoms with E-state index in [1.807, 2.05) is 6.92 Å². The second-order valence-electron chi connectivity index (χ2n) is 3.83. The number of hydrogen-bond acceptors (Lipinski definition) is 3. The molecule has 0 aliphatic rings. The summed E-state index contributed by atoms with van der Waals surface area (Å²) < 4.78 is 10.4. The van der Waals surface area contributed by atoms with Crippen molar-refractivity contribution < 1.29 is 14.3 Å². The summed E-state index contributed by atoms with van der Waals surface area (Å²) in [6.07, 6.45) is 4.36. The zero-order valence-corrected chi connectivity index (χ0v) is 11.7. The Labute approximate surface area is 100 Å². The fraction of sp³-hybridized carbons (Fsp3) is 0.750. The average Bonchev–Trinajstić information content (AvgIpc) is 2.30. The van der Waals surface area contributed by atoms with E-state index in [9.17, 15) is 4.79 Å². The highest BCUT2D eigenvalue weighted by molar-refractivity contribution is 6.58. The first-order valence-corrected chi connectivity index (χ1v) is 8.56. The molecule has 0 heterocycles. The molecule has 0 bridgehead atoms. The number of carbonyl (C=O) groups excluding carboxylic acids is 1. The van der Waals surface area contributed by atoms with E-state index in [0.717, 1.165) is 19.3 Å². The van der Waals surface area contributed by atoms with Crippen LogP contribution in [0.4, 0.5) is 0 Å². The van der Waals surface area contributed by atoms with Gasteiger partial charge in [0.2, 0.25) is 0 Å². The number of rotatable bonds is 10. The molecule has 4 heteroatoms. The van der Waals surface area contributed by atoms with Crippen molar-refractivity contribution in [1.82, 2.24) is 0 Å². The molecule has 0 aromatic heterocycles. The summed E-state index contributed by atoms with van der Waals surface area (Å²) in [7, 11) is -0.763. The Morgan fingerprint density at radius 3 is 2.69 bits per heavy atom. The molecule has 0 aliphatic carbocycles. The van der Waals surface area contributed by atoms with Crippen LogP contribution in [0.5, 0.6) is 0 Å². The Balaban J connectivity index is 3.58. The molecular weight excluding hydrogens is 220 g/mol. The molecule has 3 nitrogen and oxygen atoms in total. The van der Waals surface area contributed by atoms with Crippen LogP contribution >= 0.6 is 0 Å². The van der Waals surface area contributed by atoms with Crippen LogP contribution in [0.15, 0.2) is 12.7 Å². The molecule has 0 fully saturated rings. The van der Waals surface area contributed by atoms with E-state index in [1.165, 1.54) is 24.6 Å². The number of carbonyl (C=O) groups is 1. The zero-order chi connectivity index (χ0) is 12.2. The third kappa shape index (κ3) is 8.68. The normalized spacial score (nSPS) is 12.1. The standard InChI is InChI=1S/C12H24O3Si/c1-4-9-16(11-14-6-3)10-7-8-15-12(13)5-2/h5,16H,2,4,6-11H2,1,3H3. The Morgan fingerprint density at radius 1 is 1.38 bits per heavy atom. The molecule has 16 heavy (non-hydrogen) atoms. The summed E-state index contributed by atoms with van der Waals surface area (Å²) in [6, 6.07) is 2.51. The number of hydrogen-bond donors (Lipinski definition) is 0. The molecule has 1 atom stereocenters. The minimum absolute atomic E-state index is 0.321. The van der Waals surface area contributed by atoms with E-state index in [4.69, 9.17) is 9.47 Å². The fourth-order valence-electron chi connectivity index (χ4n) is 1.61. The maximum absolute atomic E-state index is 10.8. The summed E-state index contributed by atoms with van der Waals surface area (Å²) in [6.45, 7) is 8.92. The van der Waals surface area contributed by atoms with Gasteiger partial charge in [-0.05, 0) is 13.3 Å². The monoisotopic (exact) mass is 244 g/mol. The highest BCUT2D eigenvalue weighted by Crippen LogP contribution is 2.07. The number of esters is 1. The van der Waals surface area contributed by atoms with Gasteiger partial charge >= 0.3 is 5.97 Å². The van der Waals surface area contributed by atoms with Crippen molar-refractivity contribution in [3.8, 4) is 0 Å². The molecule has 0 N–H and O–H groups in total. The highest BCUT2D eigenvalue weighted by Gasteiger charge is 2.09. The van der Waals surface area contributed by atoms with E-state index in [0.29, 0.717) is 6.61 Å². The van der Waals surface area contributed by atoms with Gasteiger partial charge in [0.25, 0.3) is 0 Å². The largest absolute Gasteiger partial charge is 0.463 e. The lowest BCUT2D eigenvalue weighted by Gasteiger charge is -2.13. The van der Waals surface area contributed by atoms with Crippen molar-refractivity contribution in [3.05, 3.63) is 12.7 Å². The van der Waals surface area contributed by atoms with Gasteiger partial charge in [-0.3, -0.25) is 0 Å². The van der Waals surface area contributed by atoms with Gasteiger partial charge in [-0.25, -0.2) is 4.79 Å². The summed E-state index contributed by atoms with van der Waals surface area (Å²) >= 11 is 0. The molecule has 0 aromatic carbocycles. The minimum Gasteiger partial charge on any atom is -0.463 e. The van der Waals surface area contributed by atoms with Gasteiger partial charge in [-0.2, -0.15) is 0 Å². The first-order valence-electron chi connectivity index (χ1n) is 6.11. The first-order chi connectivity index (χ1) is 7.74. The second-order valence-corrected chi connectivity index (χ2v) is 7.05.